The van der Waals surface area contributed by atoms with Crippen LogP contribution in [0.25, 0.3) is 0 Å². The van der Waals surface area contributed by atoms with Gasteiger partial charge in [0.25, 0.3) is 0 Å². The van der Waals surface area contributed by atoms with E-state index in [1.165, 1.54) is 6.92 Å². The lowest BCUT2D eigenvalue weighted by Gasteiger charge is -2.04. The first-order valence-electron chi connectivity index (χ1n) is 3.52. The Morgan fingerprint density at radius 2 is 2.15 bits per heavy atom. The molecule has 1 rings (SSSR count). The second-order valence-electron chi connectivity index (χ2n) is 2.50. The lowest BCUT2D eigenvalue weighted by Crippen LogP contribution is -1.99. The first kappa shape index (κ1) is 10.4. The number of hydrogen-bond donors (Lipinski definition) is 0. The number of ketones is 1. The lowest BCUT2D eigenvalue weighted by atomic mass is 10.1. The van der Waals surface area contributed by atoms with Gasteiger partial charge in [-0.3, -0.25) is 9.59 Å². The summed E-state index contributed by atoms with van der Waals surface area (Å²) in [6.07, 6.45) is 0.618. The fraction of sp³-hybridized carbons (Fsp3) is 0.111. The summed E-state index contributed by atoms with van der Waals surface area (Å²) in [6.45, 7) is 1.41. The van der Waals surface area contributed by atoms with Gasteiger partial charge in [0.1, 0.15) is 0 Å². The van der Waals surface area contributed by atoms with Gasteiger partial charge in [-0.15, -0.1) is 0 Å². The van der Waals surface area contributed by atoms with E-state index >= 15 is 0 Å². The summed E-state index contributed by atoms with van der Waals surface area (Å²) < 4.78 is 0.469. The minimum atomic E-state index is -0.153. The maximum absolute atomic E-state index is 11.1. The van der Waals surface area contributed by atoms with E-state index < -0.39 is 0 Å². The Bertz CT molecular complexity index is 374. The summed E-state index contributed by atoms with van der Waals surface area (Å²) in [5.74, 6) is -0.153. The summed E-state index contributed by atoms with van der Waals surface area (Å²) in [5, 5.41) is 0.423. The predicted octanol–water partition coefficient (Wildman–Crippen LogP) is 3.12. The predicted molar refractivity (Wildman–Crippen MR) is 54.5 cm³/mol. The monoisotopic (exact) mass is 260 g/mol. The summed E-state index contributed by atoms with van der Waals surface area (Å²) in [5.41, 5.74) is 0.686. The Morgan fingerprint density at radius 3 is 2.62 bits per heavy atom. The Kier molecular flexibility index (Phi) is 3.22. The van der Waals surface area contributed by atoms with Crippen molar-refractivity contribution in [2.75, 3.05) is 0 Å². The molecule has 0 radical (unpaired) electrons. The van der Waals surface area contributed by atoms with Gasteiger partial charge in [0.05, 0.1) is 5.02 Å². The molecule has 0 fully saturated rings. The molecule has 0 heterocycles. The van der Waals surface area contributed by atoms with Crippen LogP contribution in [0.1, 0.15) is 27.6 Å². The van der Waals surface area contributed by atoms with Crippen molar-refractivity contribution in [3.05, 3.63) is 32.8 Å². The molecule has 1 aromatic rings. The zero-order chi connectivity index (χ0) is 10.0. The van der Waals surface area contributed by atoms with Gasteiger partial charge in [0.2, 0.25) is 0 Å². The molecule has 0 aliphatic heterocycles. The van der Waals surface area contributed by atoms with E-state index in [-0.39, 0.29) is 5.78 Å². The number of rotatable bonds is 2. The van der Waals surface area contributed by atoms with E-state index in [9.17, 15) is 9.59 Å². The Labute approximate surface area is 89.0 Å². The standard InChI is InChI=1S/C9H6BrClO2/c1-5(13)6-2-3-8(11)9(10)7(6)4-12/h2-4H,1H3. The molecular formula is C9H6BrClO2. The molecular weight excluding hydrogens is 255 g/mol. The van der Waals surface area contributed by atoms with Gasteiger partial charge in [-0.2, -0.15) is 0 Å². The topological polar surface area (TPSA) is 34.1 Å². The third-order valence-corrected chi connectivity index (χ3v) is 3.03. The van der Waals surface area contributed by atoms with E-state index in [1.807, 2.05) is 0 Å². The Hall–Kier alpha value is -0.670. The average Bonchev–Trinajstić information content (AvgIpc) is 2.09. The molecule has 0 atom stereocenters. The van der Waals surface area contributed by atoms with Gasteiger partial charge in [0, 0.05) is 15.6 Å². The van der Waals surface area contributed by atoms with Crippen LogP contribution in [0.2, 0.25) is 5.02 Å². The van der Waals surface area contributed by atoms with Crippen molar-refractivity contribution in [1.82, 2.24) is 0 Å². The van der Waals surface area contributed by atoms with Crippen molar-refractivity contribution in [3.63, 3.8) is 0 Å². The summed E-state index contributed by atoms with van der Waals surface area (Å²) >= 11 is 8.90. The molecule has 0 aliphatic carbocycles. The van der Waals surface area contributed by atoms with Crippen molar-refractivity contribution in [1.29, 1.82) is 0 Å². The second kappa shape index (κ2) is 4.03. The first-order chi connectivity index (χ1) is 6.07. The van der Waals surface area contributed by atoms with Crippen molar-refractivity contribution in [3.8, 4) is 0 Å². The van der Waals surface area contributed by atoms with Crippen LogP contribution in [0.15, 0.2) is 16.6 Å². The van der Waals surface area contributed by atoms with Gasteiger partial charge in [-0.1, -0.05) is 11.6 Å². The lowest BCUT2D eigenvalue weighted by molar-refractivity contribution is 0.100. The molecule has 0 aromatic heterocycles. The van der Waals surface area contributed by atoms with E-state index in [0.717, 1.165) is 0 Å². The molecule has 0 amide bonds. The van der Waals surface area contributed by atoms with Crippen molar-refractivity contribution >= 4 is 39.6 Å². The summed E-state index contributed by atoms with van der Waals surface area (Å²) in [7, 11) is 0. The fourth-order valence-electron chi connectivity index (χ4n) is 0.989. The maximum atomic E-state index is 11.1. The van der Waals surface area contributed by atoms with E-state index in [2.05, 4.69) is 15.9 Å². The average molecular weight is 262 g/mol. The van der Waals surface area contributed by atoms with Crippen LogP contribution in [-0.2, 0) is 0 Å². The zero-order valence-corrected chi connectivity index (χ0v) is 9.15. The molecule has 0 spiro atoms. The SMILES string of the molecule is CC(=O)c1ccc(Cl)c(Br)c1C=O. The summed E-state index contributed by atoms with van der Waals surface area (Å²) in [6, 6.07) is 3.12. The smallest absolute Gasteiger partial charge is 0.160 e. The highest BCUT2D eigenvalue weighted by molar-refractivity contribution is 9.10. The van der Waals surface area contributed by atoms with Crippen LogP contribution in [0.3, 0.4) is 0 Å². The third kappa shape index (κ3) is 1.98. The molecule has 0 N–H and O–H groups in total. The van der Waals surface area contributed by atoms with Crippen LogP contribution in [-0.4, -0.2) is 12.1 Å². The second-order valence-corrected chi connectivity index (χ2v) is 3.70. The molecule has 1 aromatic carbocycles. The van der Waals surface area contributed by atoms with Crippen LogP contribution in [0.4, 0.5) is 0 Å². The third-order valence-electron chi connectivity index (χ3n) is 1.63. The molecule has 68 valence electrons. The fourth-order valence-corrected chi connectivity index (χ4v) is 1.59. The van der Waals surface area contributed by atoms with Crippen LogP contribution < -0.4 is 0 Å². The quantitative estimate of drug-likeness (QED) is 0.605. The molecule has 0 aliphatic rings. The van der Waals surface area contributed by atoms with E-state index in [1.54, 1.807) is 12.1 Å². The number of aldehydes is 1. The number of carbonyl (C=O) groups is 2. The van der Waals surface area contributed by atoms with Crippen molar-refractivity contribution in [2.24, 2.45) is 0 Å². The first-order valence-corrected chi connectivity index (χ1v) is 4.69. The van der Waals surface area contributed by atoms with Crippen molar-refractivity contribution in [2.45, 2.75) is 6.92 Å². The Balaban J connectivity index is 3.47. The molecule has 0 saturated carbocycles. The van der Waals surface area contributed by atoms with Gasteiger partial charge in [0.15, 0.2) is 12.1 Å². The van der Waals surface area contributed by atoms with Gasteiger partial charge in [-0.25, -0.2) is 0 Å². The van der Waals surface area contributed by atoms with E-state index in [0.29, 0.717) is 26.9 Å². The molecule has 2 nitrogen and oxygen atoms in total. The minimum Gasteiger partial charge on any atom is -0.298 e. The van der Waals surface area contributed by atoms with Crippen LogP contribution in [0.5, 0.6) is 0 Å². The highest BCUT2D eigenvalue weighted by atomic mass is 79.9. The molecule has 13 heavy (non-hydrogen) atoms. The number of Topliss-reactive ketones (excluding diaryl/α,β-unsaturated/α-hetero) is 1. The molecule has 0 saturated heterocycles. The van der Waals surface area contributed by atoms with Gasteiger partial charge < -0.3 is 0 Å². The number of halogens is 2. The van der Waals surface area contributed by atoms with Crippen LogP contribution >= 0.6 is 27.5 Å². The maximum Gasteiger partial charge on any atom is 0.160 e. The number of carbonyl (C=O) groups excluding carboxylic acids is 2. The zero-order valence-electron chi connectivity index (χ0n) is 6.80. The van der Waals surface area contributed by atoms with Gasteiger partial charge >= 0.3 is 0 Å². The van der Waals surface area contributed by atoms with E-state index in [4.69, 9.17) is 11.6 Å². The molecule has 0 bridgehead atoms. The summed E-state index contributed by atoms with van der Waals surface area (Å²) in [4.78, 5) is 21.7. The minimum absolute atomic E-state index is 0.153. The highest BCUT2D eigenvalue weighted by Gasteiger charge is 2.12. The number of hydrogen-bond acceptors (Lipinski definition) is 2. The van der Waals surface area contributed by atoms with Crippen LogP contribution in [0, 0.1) is 0 Å². The molecule has 4 heteroatoms. The Morgan fingerprint density at radius 1 is 1.54 bits per heavy atom. The normalized spacial score (nSPS) is 9.77. The highest BCUT2D eigenvalue weighted by Crippen LogP contribution is 2.27. The largest absolute Gasteiger partial charge is 0.298 e. The van der Waals surface area contributed by atoms with Gasteiger partial charge in [-0.05, 0) is 35.0 Å². The van der Waals surface area contributed by atoms with Crippen molar-refractivity contribution < 1.29 is 9.59 Å². The number of benzene rings is 1. The molecule has 0 unspecified atom stereocenters.